The molecule has 0 spiro atoms. The van der Waals surface area contributed by atoms with Crippen LogP contribution in [0.5, 0.6) is 0 Å². The van der Waals surface area contributed by atoms with Crippen molar-refractivity contribution in [1.29, 1.82) is 0 Å². The topological polar surface area (TPSA) is 75.1 Å². The summed E-state index contributed by atoms with van der Waals surface area (Å²) in [5.74, 6) is -0.493. The van der Waals surface area contributed by atoms with Crippen molar-refractivity contribution < 1.29 is 9.90 Å². The molecule has 21 heavy (non-hydrogen) atoms. The first-order chi connectivity index (χ1) is 10.1. The number of fused-ring (bicyclic) bond motifs is 1. The number of hydrogen-bond acceptors (Lipinski definition) is 4. The molecular weight excluding hydrogens is 266 g/mol. The van der Waals surface area contributed by atoms with Gasteiger partial charge in [0.1, 0.15) is 0 Å². The Balaban J connectivity index is 1.73. The third-order valence-electron chi connectivity index (χ3n) is 3.89. The van der Waals surface area contributed by atoms with E-state index in [1.165, 1.54) is 17.3 Å². The summed E-state index contributed by atoms with van der Waals surface area (Å²) in [6, 6.07) is 8.75. The molecule has 0 saturated heterocycles. The number of aromatic carboxylic acids is 1. The van der Waals surface area contributed by atoms with Crippen LogP contribution in [-0.4, -0.2) is 27.1 Å². The van der Waals surface area contributed by atoms with Crippen molar-refractivity contribution >= 4 is 11.9 Å². The third kappa shape index (κ3) is 2.86. The van der Waals surface area contributed by atoms with Crippen LogP contribution in [-0.2, 0) is 12.8 Å². The van der Waals surface area contributed by atoms with Crippen LogP contribution in [0.3, 0.4) is 0 Å². The van der Waals surface area contributed by atoms with Gasteiger partial charge in [0.15, 0.2) is 0 Å². The first-order valence-corrected chi connectivity index (χ1v) is 7.04. The lowest BCUT2D eigenvalue weighted by molar-refractivity contribution is 0.0695. The maximum Gasteiger partial charge on any atom is 0.339 e. The molecule has 1 aliphatic rings. The summed E-state index contributed by atoms with van der Waals surface area (Å²) in [4.78, 5) is 19.3. The molecule has 1 aliphatic carbocycles. The zero-order valence-corrected chi connectivity index (χ0v) is 11.8. The number of anilines is 1. The summed E-state index contributed by atoms with van der Waals surface area (Å²) in [5.41, 5.74) is 3.40. The molecule has 0 radical (unpaired) electrons. The molecule has 1 aromatic heterocycles. The summed E-state index contributed by atoms with van der Waals surface area (Å²) in [5, 5.41) is 12.3. The lowest BCUT2D eigenvalue weighted by atomic mass is 9.88. The van der Waals surface area contributed by atoms with E-state index in [-0.39, 0.29) is 11.6 Å². The largest absolute Gasteiger partial charge is 0.478 e. The Labute approximate surface area is 123 Å². The molecule has 0 amide bonds. The van der Waals surface area contributed by atoms with Crippen molar-refractivity contribution in [3.8, 4) is 0 Å². The molecule has 0 saturated carbocycles. The van der Waals surface area contributed by atoms with Gasteiger partial charge in [-0.3, -0.25) is 0 Å². The maximum absolute atomic E-state index is 11.0. The highest BCUT2D eigenvalue weighted by Crippen LogP contribution is 2.22. The van der Waals surface area contributed by atoms with E-state index in [0.717, 1.165) is 19.3 Å². The number of carbonyl (C=O) groups is 1. The van der Waals surface area contributed by atoms with Gasteiger partial charge < -0.3 is 10.4 Å². The van der Waals surface area contributed by atoms with E-state index in [0.29, 0.717) is 11.6 Å². The summed E-state index contributed by atoms with van der Waals surface area (Å²) in [6.45, 7) is 1.69. The van der Waals surface area contributed by atoms with Crippen LogP contribution >= 0.6 is 0 Å². The van der Waals surface area contributed by atoms with Crippen LogP contribution in [0, 0.1) is 6.92 Å². The minimum absolute atomic E-state index is 0.148. The van der Waals surface area contributed by atoms with E-state index in [1.807, 2.05) is 0 Å². The van der Waals surface area contributed by atoms with Crippen molar-refractivity contribution in [2.24, 2.45) is 0 Å². The number of hydrogen-bond donors (Lipinski definition) is 2. The van der Waals surface area contributed by atoms with E-state index in [4.69, 9.17) is 5.11 Å². The highest BCUT2D eigenvalue weighted by atomic mass is 16.4. The third-order valence-corrected chi connectivity index (χ3v) is 3.89. The molecule has 3 rings (SSSR count). The van der Waals surface area contributed by atoms with E-state index < -0.39 is 5.97 Å². The average molecular weight is 283 g/mol. The van der Waals surface area contributed by atoms with Crippen LogP contribution in [0.1, 0.15) is 33.6 Å². The highest BCUT2D eigenvalue weighted by Gasteiger charge is 2.19. The zero-order chi connectivity index (χ0) is 14.8. The van der Waals surface area contributed by atoms with Crippen molar-refractivity contribution in [2.45, 2.75) is 32.2 Å². The maximum atomic E-state index is 11.0. The normalized spacial score (nSPS) is 17.1. The smallest absolute Gasteiger partial charge is 0.339 e. The molecule has 2 N–H and O–H groups in total. The number of nitrogens with zero attached hydrogens (tertiary/aromatic N) is 2. The molecule has 0 bridgehead atoms. The van der Waals surface area contributed by atoms with Gasteiger partial charge in [0.2, 0.25) is 5.95 Å². The Bertz CT molecular complexity index is 685. The second-order valence-electron chi connectivity index (χ2n) is 5.35. The Hall–Kier alpha value is -2.43. The lowest BCUT2D eigenvalue weighted by Gasteiger charge is -2.25. The molecular formula is C16H17N3O2. The molecule has 2 aromatic rings. The van der Waals surface area contributed by atoms with Crippen molar-refractivity contribution in [3.05, 3.63) is 52.8 Å². The van der Waals surface area contributed by atoms with Gasteiger partial charge >= 0.3 is 5.97 Å². The number of aryl methyl sites for hydroxylation is 2. The van der Waals surface area contributed by atoms with Crippen molar-refractivity contribution in [2.75, 3.05) is 5.32 Å². The fourth-order valence-electron chi connectivity index (χ4n) is 2.75. The molecule has 1 atom stereocenters. The van der Waals surface area contributed by atoms with Crippen LogP contribution in [0.2, 0.25) is 0 Å². The minimum Gasteiger partial charge on any atom is -0.478 e. The quantitative estimate of drug-likeness (QED) is 0.905. The van der Waals surface area contributed by atoms with E-state index in [9.17, 15) is 4.79 Å². The summed E-state index contributed by atoms with van der Waals surface area (Å²) < 4.78 is 0. The van der Waals surface area contributed by atoms with Crippen LogP contribution in [0.4, 0.5) is 5.95 Å². The number of benzene rings is 1. The van der Waals surface area contributed by atoms with Crippen LogP contribution in [0.25, 0.3) is 0 Å². The average Bonchev–Trinajstić information content (AvgIpc) is 2.47. The second-order valence-corrected chi connectivity index (χ2v) is 5.35. The number of carboxylic acid groups (broad SMARTS) is 1. The predicted octanol–water partition coefficient (Wildman–Crippen LogP) is 2.45. The van der Waals surface area contributed by atoms with Gasteiger partial charge in [0.05, 0.1) is 11.3 Å². The number of nitrogens with one attached hydrogen (secondary N) is 1. The molecule has 1 heterocycles. The number of aromatic nitrogens is 2. The van der Waals surface area contributed by atoms with Gasteiger partial charge in [-0.15, -0.1) is 0 Å². The molecule has 0 fully saturated rings. The van der Waals surface area contributed by atoms with Gasteiger partial charge in [0.25, 0.3) is 0 Å². The number of carboxylic acids is 1. The zero-order valence-electron chi connectivity index (χ0n) is 11.8. The Morgan fingerprint density at radius 2 is 2.10 bits per heavy atom. The Morgan fingerprint density at radius 1 is 1.33 bits per heavy atom. The fourth-order valence-corrected chi connectivity index (χ4v) is 2.75. The monoisotopic (exact) mass is 283 g/mol. The fraction of sp³-hybridized carbons (Fsp3) is 0.312. The first kappa shape index (κ1) is 13.5. The van der Waals surface area contributed by atoms with E-state index >= 15 is 0 Å². The number of rotatable bonds is 3. The summed E-state index contributed by atoms with van der Waals surface area (Å²) >= 11 is 0. The van der Waals surface area contributed by atoms with Crippen molar-refractivity contribution in [3.63, 3.8) is 0 Å². The van der Waals surface area contributed by atoms with Gasteiger partial charge in [-0.1, -0.05) is 24.3 Å². The molecule has 108 valence electrons. The minimum atomic E-state index is -0.995. The van der Waals surface area contributed by atoms with Crippen LogP contribution in [0.15, 0.2) is 30.5 Å². The summed E-state index contributed by atoms with van der Waals surface area (Å²) in [6.07, 6.45) is 4.38. The van der Waals surface area contributed by atoms with E-state index in [2.05, 4.69) is 39.6 Å². The summed E-state index contributed by atoms with van der Waals surface area (Å²) in [7, 11) is 0. The standard InChI is InChI=1S/C16H17N3O2/c1-10-14(15(20)21)9-17-16(18-10)19-13-7-6-11-4-2-3-5-12(11)8-13/h2-5,9,13H,6-8H2,1H3,(H,20,21)(H,17,18,19). The molecule has 0 aliphatic heterocycles. The SMILES string of the molecule is Cc1nc(NC2CCc3ccccc3C2)ncc1C(=O)O. The van der Waals surface area contributed by atoms with Gasteiger partial charge in [-0.25, -0.2) is 14.8 Å². The predicted molar refractivity (Wildman–Crippen MR) is 79.6 cm³/mol. The van der Waals surface area contributed by atoms with Gasteiger partial charge in [0, 0.05) is 12.2 Å². The Morgan fingerprint density at radius 3 is 2.81 bits per heavy atom. The highest BCUT2D eigenvalue weighted by molar-refractivity contribution is 5.88. The van der Waals surface area contributed by atoms with Crippen molar-refractivity contribution in [1.82, 2.24) is 9.97 Å². The second kappa shape index (κ2) is 5.52. The Kier molecular flexibility index (Phi) is 3.56. The molecule has 5 heteroatoms. The van der Waals surface area contributed by atoms with Gasteiger partial charge in [-0.05, 0) is 37.3 Å². The van der Waals surface area contributed by atoms with Gasteiger partial charge in [-0.2, -0.15) is 0 Å². The first-order valence-electron chi connectivity index (χ1n) is 7.04. The van der Waals surface area contributed by atoms with Crippen LogP contribution < -0.4 is 5.32 Å². The lowest BCUT2D eigenvalue weighted by Crippen LogP contribution is -2.28. The van der Waals surface area contributed by atoms with E-state index in [1.54, 1.807) is 6.92 Å². The molecule has 1 unspecified atom stereocenters. The molecule has 1 aromatic carbocycles. The molecule has 5 nitrogen and oxygen atoms in total.